The number of pyridine rings is 1. The van der Waals surface area contributed by atoms with Crippen LogP contribution in [0.2, 0.25) is 0 Å². The second-order valence-electron chi connectivity index (χ2n) is 6.89. The summed E-state index contributed by atoms with van der Waals surface area (Å²) < 4.78 is 18.1. The molecule has 0 aliphatic carbocycles. The van der Waals surface area contributed by atoms with Gasteiger partial charge in [0.05, 0.1) is 0 Å². The molecule has 0 bridgehead atoms. The number of benzene rings is 1. The molecule has 1 aromatic heterocycles. The van der Waals surface area contributed by atoms with Crippen molar-refractivity contribution in [2.45, 2.75) is 25.7 Å². The van der Waals surface area contributed by atoms with Crippen molar-refractivity contribution < 1.29 is 19.0 Å². The van der Waals surface area contributed by atoms with Crippen molar-refractivity contribution in [1.82, 2.24) is 9.88 Å². The number of halogens is 1. The number of carbonyl (C=O) groups is 1. The summed E-state index contributed by atoms with van der Waals surface area (Å²) in [5, 5.41) is 9.93. The van der Waals surface area contributed by atoms with Crippen LogP contribution in [0.15, 0.2) is 71.6 Å². The lowest BCUT2D eigenvalue weighted by Gasteiger charge is -2.29. The number of nitrogens with zero attached hydrogens (tertiary/aromatic N) is 2. The third-order valence-corrected chi connectivity index (χ3v) is 5.86. The molecule has 158 valence electrons. The van der Waals surface area contributed by atoms with Crippen LogP contribution in [0.25, 0.3) is 0 Å². The molecule has 5 nitrogen and oxygen atoms in total. The molecule has 0 amide bonds. The number of ether oxygens (including phenoxy) is 1. The normalized spacial score (nSPS) is 13.6. The predicted molar refractivity (Wildman–Crippen MR) is 117 cm³/mol. The number of carboxylic acid groups (broad SMARTS) is 1. The van der Waals surface area contributed by atoms with Crippen LogP contribution in [0.3, 0.4) is 0 Å². The van der Waals surface area contributed by atoms with Crippen LogP contribution < -0.4 is 0 Å². The molecule has 3 rings (SSSR count). The largest absolute Gasteiger partial charge is 0.511 e. The molecule has 0 saturated carbocycles. The zero-order chi connectivity index (χ0) is 21.2. The number of rotatable bonds is 10. The van der Waals surface area contributed by atoms with E-state index in [1.165, 1.54) is 12.1 Å². The average molecular weight is 429 g/mol. The molecule has 2 heterocycles. The Balaban J connectivity index is 1.57. The summed E-state index contributed by atoms with van der Waals surface area (Å²) >= 11 is 1.60. The van der Waals surface area contributed by atoms with Crippen LogP contribution in [0.1, 0.15) is 24.1 Å². The van der Waals surface area contributed by atoms with Crippen LogP contribution >= 0.6 is 11.8 Å². The molecule has 1 aliphatic rings. The molecule has 7 heteroatoms. The molecule has 0 atom stereocenters. The van der Waals surface area contributed by atoms with Gasteiger partial charge in [-0.1, -0.05) is 24.3 Å². The van der Waals surface area contributed by atoms with Gasteiger partial charge < -0.3 is 14.7 Å². The van der Waals surface area contributed by atoms with Crippen molar-refractivity contribution in [3.8, 4) is 0 Å². The van der Waals surface area contributed by atoms with Gasteiger partial charge in [0.15, 0.2) is 5.76 Å². The van der Waals surface area contributed by atoms with E-state index in [-0.39, 0.29) is 5.82 Å². The summed E-state index contributed by atoms with van der Waals surface area (Å²) in [5.41, 5.74) is 2.13. The molecular weight excluding hydrogens is 403 g/mol. The fourth-order valence-electron chi connectivity index (χ4n) is 3.22. The number of aromatic nitrogens is 1. The van der Waals surface area contributed by atoms with Crippen LogP contribution in [0, 0.1) is 5.82 Å². The average Bonchev–Trinajstić information content (AvgIpc) is 2.74. The molecule has 0 radical (unpaired) electrons. The van der Waals surface area contributed by atoms with Gasteiger partial charge in [-0.25, -0.2) is 9.18 Å². The van der Waals surface area contributed by atoms with Gasteiger partial charge in [0.2, 0.25) is 0 Å². The van der Waals surface area contributed by atoms with Gasteiger partial charge in [-0.2, -0.15) is 0 Å². The van der Waals surface area contributed by atoms with Crippen molar-refractivity contribution in [2.24, 2.45) is 0 Å². The topological polar surface area (TPSA) is 62.7 Å². The first-order valence-electron chi connectivity index (χ1n) is 9.95. The van der Waals surface area contributed by atoms with Crippen molar-refractivity contribution in [3.05, 3.63) is 88.7 Å². The quantitative estimate of drug-likeness (QED) is 0.412. The highest BCUT2D eigenvalue weighted by Crippen LogP contribution is 2.30. The fraction of sp³-hybridized carbons (Fsp3) is 0.304. The minimum Gasteiger partial charge on any atom is -0.449 e. The Kier molecular flexibility index (Phi) is 8.32. The van der Waals surface area contributed by atoms with Crippen molar-refractivity contribution in [3.63, 3.8) is 0 Å². The first kappa shape index (κ1) is 21.9. The summed E-state index contributed by atoms with van der Waals surface area (Å²) in [6.07, 6.45) is 7.63. The number of aryl methyl sites for hydroxylation is 2. The molecular formula is C23H25FN2O3S. The lowest BCUT2D eigenvalue weighted by Crippen LogP contribution is -2.28. The molecule has 0 saturated heterocycles. The van der Waals surface area contributed by atoms with Crippen LogP contribution in [-0.2, 0) is 17.6 Å². The highest BCUT2D eigenvalue weighted by Gasteiger charge is 2.20. The smallest absolute Gasteiger partial charge is 0.449 e. The fourth-order valence-corrected chi connectivity index (χ4v) is 4.30. The Bertz CT molecular complexity index is 885. The molecule has 1 N–H and O–H groups in total. The Morgan fingerprint density at radius 2 is 2.00 bits per heavy atom. The van der Waals surface area contributed by atoms with Crippen molar-refractivity contribution >= 4 is 17.9 Å². The van der Waals surface area contributed by atoms with Gasteiger partial charge in [0, 0.05) is 25.0 Å². The number of hydrogen-bond acceptors (Lipinski definition) is 5. The van der Waals surface area contributed by atoms with E-state index in [4.69, 9.17) is 9.84 Å². The van der Waals surface area contributed by atoms with E-state index in [9.17, 15) is 9.18 Å². The molecule has 1 aromatic carbocycles. The third-order valence-electron chi connectivity index (χ3n) is 4.64. The minimum absolute atomic E-state index is 0.232. The SMILES string of the molecule is O=C(O)OC1=C(SCCCc2ccc(F)cc2)N(CCCc2ccccn2)CC=C1. The monoisotopic (exact) mass is 428 g/mol. The van der Waals surface area contributed by atoms with Crippen LogP contribution in [-0.4, -0.2) is 40.0 Å². The maximum absolute atomic E-state index is 13.0. The summed E-state index contributed by atoms with van der Waals surface area (Å²) in [5.74, 6) is 0.950. The van der Waals surface area contributed by atoms with E-state index in [2.05, 4.69) is 9.88 Å². The minimum atomic E-state index is -1.31. The maximum Gasteiger partial charge on any atom is 0.511 e. The summed E-state index contributed by atoms with van der Waals surface area (Å²) in [6, 6.07) is 12.4. The number of hydrogen-bond donors (Lipinski definition) is 1. The highest BCUT2D eigenvalue weighted by atomic mass is 32.2. The van der Waals surface area contributed by atoms with E-state index in [0.29, 0.717) is 5.76 Å². The molecule has 30 heavy (non-hydrogen) atoms. The van der Waals surface area contributed by atoms with E-state index in [1.807, 2.05) is 24.3 Å². The van der Waals surface area contributed by atoms with Crippen LogP contribution in [0.4, 0.5) is 9.18 Å². The summed E-state index contributed by atoms with van der Waals surface area (Å²) in [4.78, 5) is 17.6. The standard InChI is InChI=1S/C23H25FN2O3S/c24-19-12-10-18(11-13-19)6-5-17-30-22-21(29-23(27)28)9-4-16-26(22)15-3-8-20-7-1-2-14-25-20/h1-2,4,7,9-14H,3,5-6,8,15-17H2,(H,27,28). The first-order chi connectivity index (χ1) is 14.6. The van der Waals surface area contributed by atoms with Crippen molar-refractivity contribution in [2.75, 3.05) is 18.8 Å². The number of allylic oxidation sites excluding steroid dienone is 1. The van der Waals surface area contributed by atoms with Gasteiger partial charge in [-0.05, 0) is 67.3 Å². The van der Waals surface area contributed by atoms with Gasteiger partial charge in [0.1, 0.15) is 10.8 Å². The Morgan fingerprint density at radius 3 is 2.73 bits per heavy atom. The Labute approximate surface area is 180 Å². The lowest BCUT2D eigenvalue weighted by molar-refractivity contribution is 0.119. The second-order valence-corrected chi connectivity index (χ2v) is 7.97. The Hall–Kier alpha value is -2.80. The van der Waals surface area contributed by atoms with E-state index >= 15 is 0 Å². The van der Waals surface area contributed by atoms with E-state index in [0.717, 1.165) is 60.8 Å². The number of thioether (sulfide) groups is 1. The maximum atomic E-state index is 13.0. The molecule has 2 aromatic rings. The van der Waals surface area contributed by atoms with Crippen molar-refractivity contribution in [1.29, 1.82) is 0 Å². The summed E-state index contributed by atoms with van der Waals surface area (Å²) in [7, 11) is 0. The zero-order valence-corrected chi connectivity index (χ0v) is 17.5. The predicted octanol–water partition coefficient (Wildman–Crippen LogP) is 5.25. The first-order valence-corrected chi connectivity index (χ1v) is 10.9. The Morgan fingerprint density at radius 1 is 1.17 bits per heavy atom. The molecule has 0 unspecified atom stereocenters. The third kappa shape index (κ3) is 6.91. The highest BCUT2D eigenvalue weighted by molar-refractivity contribution is 8.03. The molecule has 0 fully saturated rings. The second kappa shape index (κ2) is 11.4. The molecule has 0 spiro atoms. The van der Waals surface area contributed by atoms with Gasteiger partial charge in [-0.3, -0.25) is 4.98 Å². The van der Waals surface area contributed by atoms with Gasteiger partial charge in [-0.15, -0.1) is 11.8 Å². The van der Waals surface area contributed by atoms with Gasteiger partial charge >= 0.3 is 6.16 Å². The summed E-state index contributed by atoms with van der Waals surface area (Å²) in [6.45, 7) is 1.50. The van der Waals surface area contributed by atoms with Gasteiger partial charge in [0.25, 0.3) is 0 Å². The zero-order valence-electron chi connectivity index (χ0n) is 16.7. The van der Waals surface area contributed by atoms with Crippen LogP contribution in [0.5, 0.6) is 0 Å². The van der Waals surface area contributed by atoms with E-state index < -0.39 is 6.16 Å². The lowest BCUT2D eigenvalue weighted by atomic mass is 10.1. The molecule has 1 aliphatic heterocycles. The van der Waals surface area contributed by atoms with E-state index in [1.54, 1.807) is 36.2 Å².